The van der Waals surface area contributed by atoms with E-state index in [1.54, 1.807) is 11.3 Å². The van der Waals surface area contributed by atoms with Crippen molar-refractivity contribution in [1.82, 2.24) is 20.1 Å². The molecule has 0 radical (unpaired) electrons. The van der Waals surface area contributed by atoms with E-state index in [4.69, 9.17) is 4.74 Å². The standard InChI is InChI=1S/C16H24N4OS/c1-4-20-10-14(8-18-20)16-13(5-6-21-16)7-17-9-15-11(2)19-12(3)22-15/h8,10,13,16-17H,4-7,9H2,1-3H3/t13-,16+/m0/s1. The van der Waals surface area contributed by atoms with Crippen molar-refractivity contribution in [2.24, 2.45) is 5.92 Å². The van der Waals surface area contributed by atoms with Gasteiger partial charge in [0.2, 0.25) is 0 Å². The number of aromatic nitrogens is 3. The highest BCUT2D eigenvalue weighted by molar-refractivity contribution is 7.11. The van der Waals surface area contributed by atoms with Gasteiger partial charge in [0.05, 0.1) is 23.0 Å². The first-order valence-electron chi connectivity index (χ1n) is 7.95. The lowest BCUT2D eigenvalue weighted by Gasteiger charge is -2.17. The molecule has 2 aromatic heterocycles. The molecule has 1 fully saturated rings. The summed E-state index contributed by atoms with van der Waals surface area (Å²) >= 11 is 1.78. The molecule has 120 valence electrons. The van der Waals surface area contributed by atoms with Crippen molar-refractivity contribution in [3.8, 4) is 0 Å². The van der Waals surface area contributed by atoms with Crippen LogP contribution in [0.15, 0.2) is 12.4 Å². The number of nitrogens with zero attached hydrogens (tertiary/aromatic N) is 3. The number of aryl methyl sites for hydroxylation is 3. The van der Waals surface area contributed by atoms with Gasteiger partial charge in [-0.25, -0.2) is 4.98 Å². The molecular formula is C16H24N4OS. The second kappa shape index (κ2) is 6.89. The van der Waals surface area contributed by atoms with Gasteiger partial charge in [0.15, 0.2) is 0 Å². The summed E-state index contributed by atoms with van der Waals surface area (Å²) in [6.45, 7) is 9.86. The number of rotatable bonds is 6. The van der Waals surface area contributed by atoms with Crippen molar-refractivity contribution in [1.29, 1.82) is 0 Å². The van der Waals surface area contributed by atoms with Gasteiger partial charge in [-0.3, -0.25) is 4.68 Å². The van der Waals surface area contributed by atoms with E-state index in [0.717, 1.165) is 43.4 Å². The summed E-state index contributed by atoms with van der Waals surface area (Å²) in [6, 6.07) is 0. The molecular weight excluding hydrogens is 296 g/mol. The molecule has 0 unspecified atom stereocenters. The number of ether oxygens (including phenoxy) is 1. The summed E-state index contributed by atoms with van der Waals surface area (Å²) < 4.78 is 7.90. The number of hydrogen-bond acceptors (Lipinski definition) is 5. The number of thiazole rings is 1. The van der Waals surface area contributed by atoms with Crippen molar-refractivity contribution >= 4 is 11.3 Å². The molecule has 22 heavy (non-hydrogen) atoms. The zero-order chi connectivity index (χ0) is 15.5. The molecule has 0 spiro atoms. The average Bonchev–Trinajstić information content (AvgIpc) is 3.19. The fourth-order valence-electron chi connectivity index (χ4n) is 3.02. The first-order valence-corrected chi connectivity index (χ1v) is 8.76. The van der Waals surface area contributed by atoms with Gasteiger partial charge >= 0.3 is 0 Å². The van der Waals surface area contributed by atoms with Gasteiger partial charge in [0.1, 0.15) is 0 Å². The minimum atomic E-state index is 0.178. The quantitative estimate of drug-likeness (QED) is 0.889. The number of nitrogens with one attached hydrogen (secondary N) is 1. The Kier molecular flexibility index (Phi) is 4.90. The van der Waals surface area contributed by atoms with Crippen LogP contribution in [0.4, 0.5) is 0 Å². The molecule has 3 rings (SSSR count). The van der Waals surface area contributed by atoms with Crippen molar-refractivity contribution in [3.63, 3.8) is 0 Å². The van der Waals surface area contributed by atoms with Crippen molar-refractivity contribution < 1.29 is 4.74 Å². The topological polar surface area (TPSA) is 52.0 Å². The Balaban J connectivity index is 1.56. The Morgan fingerprint density at radius 2 is 2.32 bits per heavy atom. The second-order valence-corrected chi connectivity index (χ2v) is 7.13. The fourth-order valence-corrected chi connectivity index (χ4v) is 3.93. The predicted octanol–water partition coefficient (Wildman–Crippen LogP) is 2.84. The summed E-state index contributed by atoms with van der Waals surface area (Å²) in [5.41, 5.74) is 2.36. The van der Waals surface area contributed by atoms with Crippen LogP contribution in [0.5, 0.6) is 0 Å². The maximum Gasteiger partial charge on any atom is 0.0900 e. The molecule has 0 saturated carbocycles. The maximum atomic E-state index is 5.94. The second-order valence-electron chi connectivity index (χ2n) is 5.84. The molecule has 1 aliphatic rings. The summed E-state index contributed by atoms with van der Waals surface area (Å²) in [4.78, 5) is 5.82. The molecule has 0 amide bonds. The molecule has 3 heterocycles. The number of hydrogen-bond donors (Lipinski definition) is 1. The summed E-state index contributed by atoms with van der Waals surface area (Å²) in [6.07, 6.45) is 5.34. The molecule has 0 aliphatic carbocycles. The van der Waals surface area contributed by atoms with E-state index in [-0.39, 0.29) is 6.10 Å². The van der Waals surface area contributed by atoms with Crippen LogP contribution in [0.1, 0.15) is 40.6 Å². The van der Waals surface area contributed by atoms with Gasteiger partial charge < -0.3 is 10.1 Å². The molecule has 2 atom stereocenters. The highest BCUT2D eigenvalue weighted by Crippen LogP contribution is 2.34. The molecule has 5 nitrogen and oxygen atoms in total. The van der Waals surface area contributed by atoms with Crippen LogP contribution < -0.4 is 5.32 Å². The fraction of sp³-hybridized carbons (Fsp3) is 0.625. The van der Waals surface area contributed by atoms with Crippen LogP contribution >= 0.6 is 11.3 Å². The smallest absolute Gasteiger partial charge is 0.0900 e. The summed E-state index contributed by atoms with van der Waals surface area (Å²) in [7, 11) is 0. The molecule has 1 saturated heterocycles. The van der Waals surface area contributed by atoms with Gasteiger partial charge in [0.25, 0.3) is 0 Å². The normalized spacial score (nSPS) is 21.6. The van der Waals surface area contributed by atoms with Gasteiger partial charge in [-0.1, -0.05) is 0 Å². The summed E-state index contributed by atoms with van der Waals surface area (Å²) in [5.74, 6) is 0.517. The maximum absolute atomic E-state index is 5.94. The van der Waals surface area contributed by atoms with Crippen LogP contribution in [0, 0.1) is 19.8 Å². The van der Waals surface area contributed by atoms with Crippen LogP contribution in [-0.4, -0.2) is 27.9 Å². The van der Waals surface area contributed by atoms with Gasteiger partial charge in [-0.05, 0) is 27.2 Å². The highest BCUT2D eigenvalue weighted by Gasteiger charge is 2.30. The predicted molar refractivity (Wildman–Crippen MR) is 88.0 cm³/mol. The zero-order valence-corrected chi connectivity index (χ0v) is 14.3. The van der Waals surface area contributed by atoms with Crippen molar-refractivity contribution in [2.75, 3.05) is 13.2 Å². The average molecular weight is 320 g/mol. The minimum absolute atomic E-state index is 0.178. The summed E-state index contributed by atoms with van der Waals surface area (Å²) in [5, 5.41) is 9.09. The Labute approximate surface area is 135 Å². The van der Waals surface area contributed by atoms with Crippen molar-refractivity contribution in [2.45, 2.75) is 46.4 Å². The SMILES string of the molecule is CCn1cc([C@@H]2OCC[C@H]2CNCc2sc(C)nc2C)cn1. The van der Waals surface area contributed by atoms with Crippen molar-refractivity contribution in [3.05, 3.63) is 33.5 Å². The molecule has 2 aromatic rings. The Bertz CT molecular complexity index is 621. The minimum Gasteiger partial charge on any atom is -0.373 e. The first kappa shape index (κ1) is 15.6. The first-order chi connectivity index (χ1) is 10.7. The molecule has 0 bridgehead atoms. The van der Waals surface area contributed by atoms with Gasteiger partial charge in [-0.2, -0.15) is 5.10 Å². The third kappa shape index (κ3) is 3.39. The van der Waals surface area contributed by atoms with Crippen LogP contribution in [0.3, 0.4) is 0 Å². The molecule has 1 aliphatic heterocycles. The van der Waals surface area contributed by atoms with E-state index in [0.29, 0.717) is 5.92 Å². The third-order valence-electron chi connectivity index (χ3n) is 4.21. The Morgan fingerprint density at radius 3 is 3.00 bits per heavy atom. The van der Waals surface area contributed by atoms with Gasteiger partial charge in [-0.15, -0.1) is 11.3 Å². The van der Waals surface area contributed by atoms with Crippen LogP contribution in [0.25, 0.3) is 0 Å². The van der Waals surface area contributed by atoms with Crippen LogP contribution in [-0.2, 0) is 17.8 Å². The Morgan fingerprint density at radius 1 is 1.45 bits per heavy atom. The molecule has 1 N–H and O–H groups in total. The monoisotopic (exact) mass is 320 g/mol. The highest BCUT2D eigenvalue weighted by atomic mass is 32.1. The molecule has 6 heteroatoms. The van der Waals surface area contributed by atoms with E-state index >= 15 is 0 Å². The Hall–Kier alpha value is -1.24. The lowest BCUT2D eigenvalue weighted by molar-refractivity contribution is 0.0904. The van der Waals surface area contributed by atoms with E-state index in [1.807, 2.05) is 10.9 Å². The van der Waals surface area contributed by atoms with E-state index in [2.05, 4.69) is 42.4 Å². The van der Waals surface area contributed by atoms with E-state index in [9.17, 15) is 0 Å². The van der Waals surface area contributed by atoms with Gasteiger partial charge in [0, 0.05) is 48.8 Å². The third-order valence-corrected chi connectivity index (χ3v) is 5.28. The van der Waals surface area contributed by atoms with E-state index in [1.165, 1.54) is 10.4 Å². The molecule has 0 aromatic carbocycles. The van der Waals surface area contributed by atoms with Crippen LogP contribution in [0.2, 0.25) is 0 Å². The van der Waals surface area contributed by atoms with E-state index < -0.39 is 0 Å². The largest absolute Gasteiger partial charge is 0.373 e. The lowest BCUT2D eigenvalue weighted by Crippen LogP contribution is -2.24. The zero-order valence-electron chi connectivity index (χ0n) is 13.5. The lowest BCUT2D eigenvalue weighted by atomic mass is 9.97.